The number of aromatic hydroxyl groups is 1. The number of nitrogen functional groups attached to an aromatic ring is 1. The van der Waals surface area contributed by atoms with Gasteiger partial charge in [0.25, 0.3) is 26.1 Å². The molecule has 3 atom stereocenters. The van der Waals surface area contributed by atoms with Crippen LogP contribution in [0.15, 0.2) is 80.9 Å². The van der Waals surface area contributed by atoms with Crippen molar-refractivity contribution in [1.29, 1.82) is 5.41 Å². The van der Waals surface area contributed by atoms with Crippen molar-refractivity contribution in [3.8, 4) is 28.2 Å². The number of phenolic OH excluding ortho intramolecular Hbond substituents is 1. The lowest BCUT2D eigenvalue weighted by Gasteiger charge is -2.23. The Morgan fingerprint density at radius 2 is 1.47 bits per heavy atom. The topological polar surface area (TPSA) is 481 Å². The smallest absolute Gasteiger partial charge is 0.336 e. The summed E-state index contributed by atoms with van der Waals surface area (Å²) in [5.74, 6) is -8.54. The van der Waals surface area contributed by atoms with E-state index in [4.69, 9.17) is 27.0 Å². The Morgan fingerprint density at radius 3 is 2.11 bits per heavy atom. The molecule has 420 valence electrons. The van der Waals surface area contributed by atoms with Crippen LogP contribution in [0.4, 0.5) is 5.69 Å². The van der Waals surface area contributed by atoms with E-state index in [9.17, 15) is 79.3 Å². The lowest BCUT2D eigenvalue weighted by molar-refractivity contribution is -0.138. The number of unbranched alkanes of at least 4 members (excludes halogenated alkanes) is 2. The number of carbonyl (C=O) groups excluding carboxylic acids is 8. The molecule has 1 saturated heterocycles. The van der Waals surface area contributed by atoms with Crippen molar-refractivity contribution in [1.82, 2.24) is 31.5 Å². The normalized spacial score (nSPS) is 14.4. The number of hydrogen-bond acceptors (Lipinski definition) is 19. The predicted octanol–water partition coefficient (Wildman–Crippen LogP) is -1.19. The van der Waals surface area contributed by atoms with E-state index in [1.54, 1.807) is 0 Å². The summed E-state index contributed by atoms with van der Waals surface area (Å²) in [4.78, 5) is 114. The van der Waals surface area contributed by atoms with E-state index in [0.29, 0.717) is 18.4 Å². The van der Waals surface area contributed by atoms with Gasteiger partial charge in [-0.1, -0.05) is 12.1 Å². The molecule has 8 amide bonds. The zero-order chi connectivity index (χ0) is 58.1. The second-order valence-electron chi connectivity index (χ2n) is 17.6. The lowest BCUT2D eigenvalue weighted by atomic mass is 9.89. The van der Waals surface area contributed by atoms with E-state index in [1.165, 1.54) is 36.4 Å². The minimum absolute atomic E-state index is 0.0165. The van der Waals surface area contributed by atoms with Gasteiger partial charge >= 0.3 is 5.97 Å². The van der Waals surface area contributed by atoms with Gasteiger partial charge in [-0.3, -0.25) is 57.8 Å². The number of hydrogen-bond donors (Lipinski definition) is 13. The molecule has 1 fully saturated rings. The number of nitrogens with zero attached hydrogens (tertiary/aromatic N) is 1. The monoisotopic (exact) mass is 1150 g/mol. The number of aromatic carboxylic acids is 1. The number of nitrogens with one attached hydrogen (secondary N) is 6. The summed E-state index contributed by atoms with van der Waals surface area (Å²) in [5.41, 5.74) is 14.4. The van der Waals surface area contributed by atoms with Crippen molar-refractivity contribution in [3.63, 3.8) is 0 Å². The van der Waals surface area contributed by atoms with Gasteiger partial charge in [0.05, 0.1) is 41.5 Å². The van der Waals surface area contributed by atoms with Crippen LogP contribution in [0.5, 0.6) is 5.75 Å². The van der Waals surface area contributed by atoms with Crippen LogP contribution < -0.4 is 49.1 Å². The number of primary amides is 1. The Morgan fingerprint density at radius 1 is 0.797 bits per heavy atom. The fourth-order valence-corrected chi connectivity index (χ4v) is 10.9. The van der Waals surface area contributed by atoms with Crippen LogP contribution in [-0.2, 0) is 60.2 Å². The van der Waals surface area contributed by atoms with E-state index in [2.05, 4.69) is 26.6 Å². The van der Waals surface area contributed by atoms with E-state index >= 15 is 0 Å². The van der Waals surface area contributed by atoms with E-state index in [0.717, 1.165) is 47.0 Å². The maximum Gasteiger partial charge on any atom is 0.336 e. The van der Waals surface area contributed by atoms with Crippen LogP contribution in [0.2, 0.25) is 0 Å². The number of nitrogens with two attached hydrogens (primary N) is 3. The average molecular weight is 1150 g/mol. The highest BCUT2D eigenvalue weighted by Gasteiger charge is 2.40. The van der Waals surface area contributed by atoms with Gasteiger partial charge in [0.1, 0.15) is 17.8 Å². The minimum Gasteiger partial charge on any atom is -0.508 e. The van der Waals surface area contributed by atoms with Gasteiger partial charge in [0.15, 0.2) is 21.1 Å². The van der Waals surface area contributed by atoms with E-state index in [1.807, 2.05) is 0 Å². The van der Waals surface area contributed by atoms with Gasteiger partial charge in [-0.05, 0) is 85.0 Å². The molecule has 3 aromatic carbocycles. The highest BCUT2D eigenvalue weighted by Crippen LogP contribution is 2.46. The first-order valence-corrected chi connectivity index (χ1v) is 27.5. The van der Waals surface area contributed by atoms with Crippen LogP contribution in [0.1, 0.15) is 52.0 Å². The number of carboxylic acids is 1. The molecule has 0 aromatic heterocycles. The molecule has 2 aliphatic heterocycles. The Labute approximate surface area is 452 Å². The van der Waals surface area contributed by atoms with Gasteiger partial charge in [-0.15, -0.1) is 11.8 Å². The zero-order valence-electron chi connectivity index (χ0n) is 41.3. The summed E-state index contributed by atoms with van der Waals surface area (Å²) in [7, 11) is -10.5. The number of thioether (sulfide) groups is 1. The molecule has 28 nitrogen and oxygen atoms in total. The molecule has 79 heavy (non-hydrogen) atoms. The number of amides is 8. The average Bonchev–Trinajstić information content (AvgIpc) is 3.86. The fraction of sp³-hybridized carbons (Fsp3) is 0.292. The summed E-state index contributed by atoms with van der Waals surface area (Å²) < 4.78 is 76.3. The third kappa shape index (κ3) is 14.8. The van der Waals surface area contributed by atoms with Crippen LogP contribution >= 0.6 is 11.8 Å². The van der Waals surface area contributed by atoms with Gasteiger partial charge in [-0.25, -0.2) is 4.79 Å². The molecule has 0 saturated carbocycles. The summed E-state index contributed by atoms with van der Waals surface area (Å²) >= 11 is 0.890. The Hall–Kier alpha value is -8.49. The molecule has 0 spiro atoms. The second-order valence-corrected chi connectivity index (χ2v) is 21.6. The predicted molar refractivity (Wildman–Crippen MR) is 279 cm³/mol. The highest BCUT2D eigenvalue weighted by atomic mass is 32.2. The third-order valence-electron chi connectivity index (χ3n) is 12.1. The van der Waals surface area contributed by atoms with Gasteiger partial charge < -0.3 is 58.4 Å². The second kappa shape index (κ2) is 25.3. The van der Waals surface area contributed by atoms with E-state index < -0.39 is 142 Å². The molecular formula is C48H52N10O18S3. The number of imide groups is 1. The SMILES string of the molecule is N=c1ccc2c(-c3cc(C(=O)NCCCCCN4C(=O)CC(SC[C@H](NC(=O)[C@H](Cc5ccc(O)cc5)NC(=O)CNC(=O)CNC(=O)CN)C(N)=O)C4=O)ccc3C(=O)O)c3ccc(N)c(S(=O)(=O)O)c3oc-2c1S(=O)(=O)O. The zero-order valence-corrected chi connectivity index (χ0v) is 43.7. The Bertz CT molecular complexity index is 3540. The molecule has 1 aliphatic carbocycles. The summed E-state index contributed by atoms with van der Waals surface area (Å²) in [6.45, 7) is -1.43. The first kappa shape index (κ1) is 59.7. The highest BCUT2D eigenvalue weighted by molar-refractivity contribution is 8.00. The molecule has 0 bridgehead atoms. The molecular weight excluding hydrogens is 1100 g/mol. The molecule has 31 heteroatoms. The number of fused-ring (bicyclic) bond motifs is 2. The number of anilines is 1. The standard InChI is InChI=1S/C48H52N10O18S3/c49-19-35(60)54-20-36(61)55-21-37(62)56-32(16-23-4-7-25(59)8-5-23)46(66)57-33(44(52)64)22-77-34-18-38(63)58(47(34)67)15-3-1-2-14-53-45(65)24-6-9-26(48(68)69)29(17-24)39-27-10-12-30(50)42(78(70,71)72)40(27)76-41-28(39)11-13-31(51)43(41)79(73,74)75/h4-13,17,32-34,50,59H,1-3,14-16,18-22,49,51H2,(H2,52,64)(H,53,65)(H,54,60)(H,55,61)(H,56,62)(H,57,66)(H,68,69)(H,70,71,72)(H,73,74,75)/t32-,33-,34?/m0/s1. The minimum atomic E-state index is -5.29. The Kier molecular flexibility index (Phi) is 19.2. The van der Waals surface area contributed by atoms with Crippen LogP contribution in [0, 0.1) is 5.41 Å². The van der Waals surface area contributed by atoms with Crippen LogP contribution in [0.25, 0.3) is 33.4 Å². The first-order chi connectivity index (χ1) is 37.2. The number of rotatable bonds is 25. The number of benzene rings is 4. The van der Waals surface area contributed by atoms with Gasteiger partial charge in [0, 0.05) is 53.8 Å². The molecule has 3 aromatic rings. The van der Waals surface area contributed by atoms with Crippen molar-refractivity contribution in [2.75, 3.05) is 44.2 Å². The number of carbonyl (C=O) groups is 9. The summed E-state index contributed by atoms with van der Waals surface area (Å²) in [5, 5.41) is 38.3. The molecule has 6 rings (SSSR count). The van der Waals surface area contributed by atoms with E-state index in [-0.39, 0.29) is 78.0 Å². The summed E-state index contributed by atoms with van der Waals surface area (Å²) in [6.07, 6.45) is 0.569. The Balaban J connectivity index is 1.07. The quantitative estimate of drug-likeness (QED) is 0.0107. The molecule has 2 heterocycles. The third-order valence-corrected chi connectivity index (χ3v) is 15.2. The number of carboxylic acid groups (broad SMARTS) is 1. The maximum absolute atomic E-state index is 13.6. The van der Waals surface area contributed by atoms with Crippen molar-refractivity contribution < 1.29 is 83.7 Å². The van der Waals surface area contributed by atoms with Crippen molar-refractivity contribution in [2.24, 2.45) is 11.5 Å². The fourth-order valence-electron chi connectivity index (χ4n) is 8.26. The van der Waals surface area contributed by atoms with Crippen molar-refractivity contribution in [3.05, 3.63) is 88.8 Å². The largest absolute Gasteiger partial charge is 0.508 e. The van der Waals surface area contributed by atoms with Crippen LogP contribution in [0.3, 0.4) is 0 Å². The molecule has 3 aliphatic rings. The van der Waals surface area contributed by atoms with Crippen molar-refractivity contribution >= 4 is 102 Å². The maximum atomic E-state index is 13.6. The number of likely N-dealkylation sites (tertiary alicyclic amines) is 1. The number of phenols is 1. The van der Waals surface area contributed by atoms with Gasteiger partial charge in [-0.2, -0.15) is 16.8 Å². The van der Waals surface area contributed by atoms with Crippen molar-refractivity contribution in [2.45, 2.75) is 59.2 Å². The van der Waals surface area contributed by atoms with Gasteiger partial charge in [0.2, 0.25) is 41.4 Å². The molecule has 0 radical (unpaired) electrons. The van der Waals surface area contributed by atoms with Crippen LogP contribution in [-0.4, -0.2) is 150 Å². The molecule has 1 unspecified atom stereocenters. The lowest BCUT2D eigenvalue weighted by Crippen LogP contribution is -2.55. The molecule has 16 N–H and O–H groups in total. The summed E-state index contributed by atoms with van der Waals surface area (Å²) in [6, 6.07) is 10.6. The first-order valence-electron chi connectivity index (χ1n) is 23.5.